The van der Waals surface area contributed by atoms with E-state index in [1.807, 2.05) is 0 Å². The molecule has 0 aliphatic carbocycles. The van der Waals surface area contributed by atoms with Crippen LogP contribution in [0.3, 0.4) is 0 Å². The van der Waals surface area contributed by atoms with Crippen molar-refractivity contribution in [1.29, 1.82) is 0 Å². The first kappa shape index (κ1) is 12.0. The van der Waals surface area contributed by atoms with Gasteiger partial charge in [-0.15, -0.1) is 0 Å². The molecule has 14 heavy (non-hydrogen) atoms. The zero-order valence-corrected chi connectivity index (χ0v) is 10.6. The van der Waals surface area contributed by atoms with Gasteiger partial charge >= 0.3 is 0 Å². The van der Waals surface area contributed by atoms with Crippen LogP contribution in [0.15, 0.2) is 18.2 Å². The van der Waals surface area contributed by atoms with Crippen molar-refractivity contribution in [2.45, 2.75) is 20.3 Å². The lowest BCUT2D eigenvalue weighted by Gasteiger charge is -2.22. The molecule has 0 aliphatic heterocycles. The van der Waals surface area contributed by atoms with Crippen LogP contribution in [0.4, 0.5) is 4.39 Å². The topological polar surface area (TPSA) is 0 Å². The number of halogens is 3. The van der Waals surface area contributed by atoms with Crippen molar-refractivity contribution in [2.75, 3.05) is 5.33 Å². The second kappa shape index (κ2) is 4.63. The Kier molecular flexibility index (Phi) is 3.96. The van der Waals surface area contributed by atoms with Crippen molar-refractivity contribution >= 4 is 27.5 Å². The third-order valence-corrected chi connectivity index (χ3v) is 3.93. The Morgan fingerprint density at radius 2 is 2.07 bits per heavy atom. The van der Waals surface area contributed by atoms with Gasteiger partial charge in [0.15, 0.2) is 0 Å². The first-order valence-corrected chi connectivity index (χ1v) is 5.94. The Balaban J connectivity index is 2.91. The molecule has 0 unspecified atom stereocenters. The molecular formula is C11H13BrClF. The number of alkyl halides is 1. The maximum absolute atomic E-state index is 13.0. The maximum atomic E-state index is 13.0. The zero-order valence-electron chi connectivity index (χ0n) is 8.28. The van der Waals surface area contributed by atoms with Crippen LogP contribution >= 0.6 is 27.5 Å². The van der Waals surface area contributed by atoms with E-state index < -0.39 is 0 Å². The molecule has 0 aliphatic rings. The van der Waals surface area contributed by atoms with Crippen molar-refractivity contribution < 1.29 is 4.39 Å². The monoisotopic (exact) mass is 278 g/mol. The van der Waals surface area contributed by atoms with Gasteiger partial charge in [0.1, 0.15) is 5.82 Å². The van der Waals surface area contributed by atoms with Gasteiger partial charge in [0.2, 0.25) is 0 Å². The molecule has 0 bridgehead atoms. The van der Waals surface area contributed by atoms with E-state index in [-0.39, 0.29) is 11.2 Å². The largest absolute Gasteiger partial charge is 0.207 e. The summed E-state index contributed by atoms with van der Waals surface area (Å²) in [6.45, 7) is 4.23. The van der Waals surface area contributed by atoms with Crippen LogP contribution in [-0.4, -0.2) is 5.33 Å². The molecule has 0 N–H and O–H groups in total. The van der Waals surface area contributed by atoms with Crippen molar-refractivity contribution in [3.8, 4) is 0 Å². The number of hydrogen-bond acceptors (Lipinski definition) is 0. The van der Waals surface area contributed by atoms with Crippen LogP contribution < -0.4 is 0 Å². The Morgan fingerprint density at radius 1 is 1.43 bits per heavy atom. The number of hydrogen-bond donors (Lipinski definition) is 0. The van der Waals surface area contributed by atoms with Crippen molar-refractivity contribution in [1.82, 2.24) is 0 Å². The lowest BCUT2D eigenvalue weighted by molar-refractivity contribution is 0.424. The van der Waals surface area contributed by atoms with Gasteiger partial charge in [0.25, 0.3) is 0 Å². The molecule has 0 fully saturated rings. The van der Waals surface area contributed by atoms with E-state index in [0.29, 0.717) is 5.02 Å². The standard InChI is InChI=1S/C11H13BrClF/c1-11(2,7-12)6-8-5-9(14)3-4-10(8)13/h3-5H,6-7H2,1-2H3. The molecule has 0 heterocycles. The minimum Gasteiger partial charge on any atom is -0.207 e. The zero-order chi connectivity index (χ0) is 10.8. The van der Waals surface area contributed by atoms with Crippen LogP contribution in [0.5, 0.6) is 0 Å². The molecule has 3 heteroatoms. The molecule has 1 aromatic rings. The third kappa shape index (κ3) is 3.25. The molecule has 0 atom stereocenters. The maximum Gasteiger partial charge on any atom is 0.123 e. The lowest BCUT2D eigenvalue weighted by Crippen LogP contribution is -2.16. The molecule has 1 rings (SSSR count). The summed E-state index contributed by atoms with van der Waals surface area (Å²) >= 11 is 9.41. The van der Waals surface area contributed by atoms with Crippen molar-refractivity contribution in [3.05, 3.63) is 34.6 Å². The normalized spacial score (nSPS) is 11.8. The van der Waals surface area contributed by atoms with Crippen LogP contribution in [0, 0.1) is 11.2 Å². The molecule has 0 saturated heterocycles. The van der Waals surface area contributed by atoms with E-state index in [9.17, 15) is 4.39 Å². The Bertz CT molecular complexity index is 323. The molecule has 78 valence electrons. The van der Waals surface area contributed by atoms with E-state index in [1.54, 1.807) is 6.07 Å². The van der Waals surface area contributed by atoms with E-state index >= 15 is 0 Å². The van der Waals surface area contributed by atoms with Crippen LogP contribution in [0.25, 0.3) is 0 Å². The molecule has 0 saturated carbocycles. The summed E-state index contributed by atoms with van der Waals surface area (Å²) in [5, 5.41) is 1.51. The fourth-order valence-electron chi connectivity index (χ4n) is 1.24. The van der Waals surface area contributed by atoms with Gasteiger partial charge in [-0.3, -0.25) is 0 Å². The summed E-state index contributed by atoms with van der Waals surface area (Å²) in [5.74, 6) is -0.227. The highest BCUT2D eigenvalue weighted by molar-refractivity contribution is 9.09. The summed E-state index contributed by atoms with van der Waals surface area (Å²) in [7, 11) is 0. The van der Waals surface area contributed by atoms with E-state index in [1.165, 1.54) is 12.1 Å². The molecule has 0 radical (unpaired) electrons. The molecule has 0 spiro atoms. The Morgan fingerprint density at radius 3 is 2.64 bits per heavy atom. The van der Waals surface area contributed by atoms with Gasteiger partial charge in [-0.05, 0) is 35.6 Å². The van der Waals surface area contributed by atoms with Crippen LogP contribution in [0.1, 0.15) is 19.4 Å². The lowest BCUT2D eigenvalue weighted by atomic mass is 9.88. The SMILES string of the molecule is CC(C)(CBr)Cc1cc(F)ccc1Cl. The minimum atomic E-state index is -0.227. The van der Waals surface area contributed by atoms with Gasteiger partial charge in [-0.1, -0.05) is 41.4 Å². The smallest absolute Gasteiger partial charge is 0.123 e. The molecule has 0 aromatic heterocycles. The minimum absolute atomic E-state index is 0.0947. The second-order valence-electron chi connectivity index (χ2n) is 4.21. The van der Waals surface area contributed by atoms with Gasteiger partial charge in [-0.2, -0.15) is 0 Å². The first-order valence-electron chi connectivity index (χ1n) is 4.44. The van der Waals surface area contributed by atoms with E-state index in [2.05, 4.69) is 29.8 Å². The third-order valence-electron chi connectivity index (χ3n) is 2.04. The van der Waals surface area contributed by atoms with Gasteiger partial charge in [-0.25, -0.2) is 4.39 Å². The average Bonchev–Trinajstić information content (AvgIpc) is 2.11. The predicted octanol–water partition coefficient (Wildman–Crippen LogP) is 4.44. The van der Waals surface area contributed by atoms with Crippen LogP contribution in [0.2, 0.25) is 5.02 Å². The first-order chi connectivity index (χ1) is 6.44. The average molecular weight is 280 g/mol. The van der Waals surface area contributed by atoms with E-state index in [0.717, 1.165) is 17.3 Å². The Labute approximate surface area is 97.6 Å². The summed E-state index contributed by atoms with van der Waals surface area (Å²) in [4.78, 5) is 0. The Hall–Kier alpha value is -0.0800. The van der Waals surface area contributed by atoms with Gasteiger partial charge in [0.05, 0.1) is 0 Å². The van der Waals surface area contributed by atoms with E-state index in [4.69, 9.17) is 11.6 Å². The van der Waals surface area contributed by atoms with Crippen molar-refractivity contribution in [2.24, 2.45) is 5.41 Å². The quantitative estimate of drug-likeness (QED) is 0.718. The van der Waals surface area contributed by atoms with Gasteiger partial charge in [0, 0.05) is 10.4 Å². The predicted molar refractivity (Wildman–Crippen MR) is 62.7 cm³/mol. The fraction of sp³-hybridized carbons (Fsp3) is 0.455. The fourth-order valence-corrected chi connectivity index (χ4v) is 1.62. The number of rotatable bonds is 3. The highest BCUT2D eigenvalue weighted by Crippen LogP contribution is 2.28. The molecule has 1 aromatic carbocycles. The second-order valence-corrected chi connectivity index (χ2v) is 5.18. The number of benzene rings is 1. The summed E-state index contributed by atoms with van der Waals surface area (Å²) in [6, 6.07) is 4.50. The highest BCUT2D eigenvalue weighted by atomic mass is 79.9. The summed E-state index contributed by atoms with van der Waals surface area (Å²) in [5.41, 5.74) is 0.966. The molecular weight excluding hydrogens is 266 g/mol. The highest BCUT2D eigenvalue weighted by Gasteiger charge is 2.18. The summed E-state index contributed by atoms with van der Waals surface area (Å²) in [6.07, 6.45) is 0.773. The van der Waals surface area contributed by atoms with Crippen LogP contribution in [-0.2, 0) is 6.42 Å². The molecule has 0 amide bonds. The molecule has 0 nitrogen and oxygen atoms in total. The summed E-state index contributed by atoms with van der Waals surface area (Å²) < 4.78 is 13.0. The van der Waals surface area contributed by atoms with Crippen molar-refractivity contribution in [3.63, 3.8) is 0 Å². The van der Waals surface area contributed by atoms with Gasteiger partial charge < -0.3 is 0 Å².